The Hall–Kier alpha value is -4.29. The Bertz CT molecular complexity index is 2730. The quantitative estimate of drug-likeness (QED) is 0.0184. The summed E-state index contributed by atoms with van der Waals surface area (Å²) in [6, 6.07) is 12.0. The van der Waals surface area contributed by atoms with Gasteiger partial charge in [0.25, 0.3) is 0 Å². The molecule has 2 unspecified atom stereocenters. The van der Waals surface area contributed by atoms with Crippen LogP contribution in [0.3, 0.4) is 0 Å². The number of carbonyl (C=O) groups is 10. The fraction of sp³-hybridized carbons (Fsp3) is 0.433. The average Bonchev–Trinajstić information content (AvgIpc) is 0.903. The average molecular weight is 1400 g/mol. The molecule has 4 amide bonds. The summed E-state index contributed by atoms with van der Waals surface area (Å²) < 4.78 is 81.5. The normalized spacial score (nSPS) is 11.4. The van der Waals surface area contributed by atoms with Gasteiger partial charge in [0, 0.05) is 85.3 Å². The van der Waals surface area contributed by atoms with E-state index in [1.54, 1.807) is 26.0 Å². The summed E-state index contributed by atoms with van der Waals surface area (Å²) in [6.45, 7) is 23.9. The van der Waals surface area contributed by atoms with Crippen LogP contribution in [0.5, 0.6) is 0 Å². The molecule has 0 heterocycles. The van der Waals surface area contributed by atoms with Gasteiger partial charge in [-0.3, -0.25) is 21.3 Å². The van der Waals surface area contributed by atoms with Crippen LogP contribution in [0, 0.1) is 10.8 Å². The predicted molar refractivity (Wildman–Crippen MR) is 337 cm³/mol. The Kier molecular flexibility index (Phi) is 49.5. The van der Waals surface area contributed by atoms with E-state index in [0.717, 1.165) is 36.5 Å². The number of anilines is 4. The van der Waals surface area contributed by atoms with Crippen molar-refractivity contribution < 1.29 is 171 Å². The molecule has 2 atom stereocenters. The number of ether oxygens (including phenoxy) is 14. The predicted octanol–water partition coefficient (Wildman–Crippen LogP) is 3.63. The molecule has 0 spiro atoms. The summed E-state index contributed by atoms with van der Waals surface area (Å²) >= 11 is 2.50. The summed E-state index contributed by atoms with van der Waals surface area (Å²) in [5, 5.41) is 10.2. The monoisotopic (exact) mass is 1400 g/mol. The van der Waals surface area contributed by atoms with Crippen molar-refractivity contribution in [1.29, 1.82) is 0 Å². The topological polar surface area (TPSA) is 357 Å². The van der Waals surface area contributed by atoms with Crippen molar-refractivity contribution in [2.24, 2.45) is 10.8 Å². The number of benzene rings is 2. The number of hydrogen-bond donors (Lipinski definition) is 4. The van der Waals surface area contributed by atoms with E-state index in [2.05, 4.69) is 60.7 Å². The molecular formula is C60H81K3N4O25Si. The van der Waals surface area contributed by atoms with Crippen LogP contribution in [-0.2, 0) is 99.5 Å². The molecule has 2 aromatic carbocycles. The van der Waals surface area contributed by atoms with Gasteiger partial charge < -0.3 is 72.2 Å². The number of nitrogens with one attached hydrogen (secondary N) is 4. The first-order chi connectivity index (χ1) is 43.9. The molecule has 498 valence electrons. The summed E-state index contributed by atoms with van der Waals surface area (Å²) in [6.07, 6.45) is 1.37. The van der Waals surface area contributed by atoms with E-state index < -0.39 is 131 Å². The second kappa shape index (κ2) is 51.9. The van der Waals surface area contributed by atoms with E-state index in [0.29, 0.717) is 0 Å². The summed E-state index contributed by atoms with van der Waals surface area (Å²) in [4.78, 5) is 123. The van der Waals surface area contributed by atoms with Gasteiger partial charge >= 0.3 is 175 Å². The second-order valence-electron chi connectivity index (χ2n) is 20.0. The summed E-state index contributed by atoms with van der Waals surface area (Å²) in [7, 11) is -2.50. The molecular weight excluding hydrogens is 1320 g/mol. The van der Waals surface area contributed by atoms with Crippen LogP contribution in [0.4, 0.5) is 41.9 Å². The molecule has 0 bridgehead atoms. The van der Waals surface area contributed by atoms with Gasteiger partial charge in [-0.2, -0.15) is 0 Å². The number of hydrogen-bond acceptors (Lipinski definition) is 25. The fourth-order valence-electron chi connectivity index (χ4n) is 6.75. The zero-order valence-electron chi connectivity index (χ0n) is 54.9. The number of esters is 6. The molecule has 0 fully saturated rings. The molecule has 0 aliphatic rings. The van der Waals surface area contributed by atoms with Crippen molar-refractivity contribution in [2.75, 3.05) is 127 Å². The first-order valence-corrected chi connectivity index (χ1v) is 47.8. The Morgan fingerprint density at radius 1 is 0.452 bits per heavy atom. The van der Waals surface area contributed by atoms with E-state index >= 15 is 0 Å². The maximum absolute atomic E-state index is 13.1. The van der Waals surface area contributed by atoms with E-state index in [1.165, 1.54) is 99.6 Å². The Balaban J connectivity index is 0. The molecule has 0 aromatic heterocycles. The van der Waals surface area contributed by atoms with Crippen LogP contribution in [0.25, 0.3) is 0 Å². The molecule has 0 saturated carbocycles. The van der Waals surface area contributed by atoms with Crippen LogP contribution in [0.2, 0.25) is 13.1 Å². The van der Waals surface area contributed by atoms with Crippen molar-refractivity contribution in [3.8, 4) is 0 Å². The van der Waals surface area contributed by atoms with E-state index in [-0.39, 0.29) is 154 Å². The van der Waals surface area contributed by atoms with Gasteiger partial charge in [-0.15, -0.1) is 0 Å². The van der Waals surface area contributed by atoms with Crippen molar-refractivity contribution in [2.45, 2.75) is 52.0 Å². The number of carbonyl (C=O) groups excluding carboxylic acids is 10. The molecule has 0 radical (unpaired) electrons. The SMILES string of the molecule is C=CC(=O)OCCCOCC(COC(=O)C=C)(COC(=O)C=C)COC(=O)Nc1cccc(NC(=O)OC(C)COCO[Si](C)(C)COCC(C)OC(=O)Nc2cccc(NC(=O)OCC(COCCCOC(=O)C=C)(COC(=O)C=C)COC(=O)C=C)c2)c1.[H-].[K+].[K][K]. The van der Waals surface area contributed by atoms with Gasteiger partial charge in [-0.1, -0.05) is 51.6 Å². The second-order valence-corrected chi connectivity index (χ2v) is 24.1. The molecule has 93 heavy (non-hydrogen) atoms. The Morgan fingerprint density at radius 3 is 1.09 bits per heavy atom. The Labute approximate surface area is 631 Å². The summed E-state index contributed by atoms with van der Waals surface area (Å²) in [5.41, 5.74) is -1.95. The maximum atomic E-state index is 13.1. The van der Waals surface area contributed by atoms with Crippen LogP contribution >= 0.6 is 0 Å². The van der Waals surface area contributed by atoms with Gasteiger partial charge in [-0.05, 0) is 63.3 Å². The van der Waals surface area contributed by atoms with Crippen molar-refractivity contribution >= 4 is 154 Å². The number of amides is 4. The molecule has 0 saturated heterocycles. The molecule has 2 rings (SSSR count). The van der Waals surface area contributed by atoms with E-state index in [4.69, 9.17) is 70.7 Å². The summed E-state index contributed by atoms with van der Waals surface area (Å²) in [5.74, 6) is -4.46. The Morgan fingerprint density at radius 2 is 0.753 bits per heavy atom. The first kappa shape index (κ1) is 88.7. The standard InChI is InChI=1S/C60H80N4O25Si.3K.H/c1-11-49(65)79-27-19-25-75-33-59(35-81-51(67)13-3,36-82-52(68)14-4)39-85-55(71)61-45-21-17-23-47(29-45)63-57(73)88-43(7)31-77-41-87-90(9,10)42-78-32-44(8)89-58(74)64-48-24-18-22-46(30-48)62-56(72)86-40-60(37-83-53(69)15-5,38-84-54(70)16-6)34-76-26-20-28-80-50(66)12-2;;;;/h11-18,21-24,29-30,43-44H,1-6,19-20,25-28,31-42H2,7-10H3,(H,61,71)(H,62,72)(H,63,73)(H,64,74);;;;/q;;;+1;-1. The first-order valence-electron chi connectivity index (χ1n) is 28.6. The minimum atomic E-state index is -2.50. The van der Waals surface area contributed by atoms with Crippen LogP contribution in [0.1, 0.15) is 28.1 Å². The van der Waals surface area contributed by atoms with Crippen molar-refractivity contribution in [3.05, 3.63) is 124 Å². The molecule has 0 aliphatic carbocycles. The zero-order chi connectivity index (χ0) is 68.8. The van der Waals surface area contributed by atoms with E-state index in [9.17, 15) is 47.9 Å². The molecule has 4 N–H and O–H groups in total. The molecule has 0 aliphatic heterocycles. The molecule has 33 heteroatoms. The zero-order valence-corrected chi connectivity index (χ0v) is 64.3. The number of rotatable bonds is 45. The van der Waals surface area contributed by atoms with Crippen LogP contribution in [-0.4, -0.2) is 249 Å². The van der Waals surface area contributed by atoms with Gasteiger partial charge in [0.2, 0.25) is 8.32 Å². The van der Waals surface area contributed by atoms with E-state index in [1.807, 2.05) is 13.1 Å². The van der Waals surface area contributed by atoms with Crippen molar-refractivity contribution in [3.63, 3.8) is 0 Å². The fourth-order valence-corrected chi connectivity index (χ4v) is 7.84. The van der Waals surface area contributed by atoms with Crippen LogP contribution < -0.4 is 72.7 Å². The van der Waals surface area contributed by atoms with Crippen molar-refractivity contribution in [1.82, 2.24) is 0 Å². The minimum absolute atomic E-state index is 0. The molecule has 29 nitrogen and oxygen atoms in total. The third kappa shape index (κ3) is 42.8. The van der Waals surface area contributed by atoms with Crippen LogP contribution in [0.15, 0.2) is 124 Å². The molecule has 2 aromatic rings. The van der Waals surface area contributed by atoms with Gasteiger partial charge in [0.1, 0.15) is 58.6 Å². The van der Waals surface area contributed by atoms with Gasteiger partial charge in [0.15, 0.2) is 0 Å². The van der Waals surface area contributed by atoms with Gasteiger partial charge in [0.05, 0.1) is 56.7 Å². The third-order valence-electron chi connectivity index (χ3n) is 11.3. The van der Waals surface area contributed by atoms with Gasteiger partial charge in [-0.25, -0.2) is 47.9 Å². The third-order valence-corrected chi connectivity index (χ3v) is 13.1.